The molecule has 1 fully saturated rings. The summed E-state index contributed by atoms with van der Waals surface area (Å²) in [5.74, 6) is -0.111. The zero-order chi connectivity index (χ0) is 15.1. The maximum atomic E-state index is 12.8. The third-order valence-electron chi connectivity index (χ3n) is 3.81. The Balaban J connectivity index is 1.78. The number of ketones is 1. The van der Waals surface area contributed by atoms with Gasteiger partial charge in [-0.05, 0) is 37.2 Å². The van der Waals surface area contributed by atoms with Crippen molar-refractivity contribution in [2.24, 2.45) is 0 Å². The van der Waals surface area contributed by atoms with Crippen molar-refractivity contribution < 1.29 is 14.3 Å². The minimum atomic E-state index is -0.275. The Kier molecular flexibility index (Phi) is 6.29. The van der Waals surface area contributed by atoms with Crippen LogP contribution in [0.15, 0.2) is 24.3 Å². The molecule has 0 atom stereocenters. The van der Waals surface area contributed by atoms with Gasteiger partial charge in [0, 0.05) is 26.1 Å². The number of Topliss-reactive ketones (excluding diaryl/α,β-unsaturated/α-hetero) is 1. The molecule has 0 aliphatic carbocycles. The highest BCUT2D eigenvalue weighted by Crippen LogP contribution is 2.06. The molecule has 2 rings (SSSR count). The zero-order valence-electron chi connectivity index (χ0n) is 12.3. The number of hydrogen-bond acceptors (Lipinski definition) is 4. The van der Waals surface area contributed by atoms with Gasteiger partial charge in [-0.3, -0.25) is 14.6 Å². The van der Waals surface area contributed by atoms with Gasteiger partial charge in [0.15, 0.2) is 5.78 Å². The fourth-order valence-corrected chi connectivity index (χ4v) is 2.68. The molecule has 0 spiro atoms. The molecule has 0 unspecified atom stereocenters. The average Bonchev–Trinajstić information content (AvgIpc) is 2.67. The fraction of sp³-hybridized carbons (Fsp3) is 0.562. The lowest BCUT2D eigenvalue weighted by molar-refractivity contribution is -0.119. The molecule has 1 aromatic carbocycles. The topological polar surface area (TPSA) is 43.8 Å². The monoisotopic (exact) mass is 294 g/mol. The molecule has 1 saturated heterocycles. The van der Waals surface area contributed by atoms with Gasteiger partial charge in [-0.2, -0.15) is 0 Å². The van der Waals surface area contributed by atoms with Gasteiger partial charge in [0.2, 0.25) is 0 Å². The Morgan fingerprint density at radius 2 is 1.76 bits per heavy atom. The molecule has 5 heteroatoms. The van der Waals surface area contributed by atoms with Crippen LogP contribution in [-0.4, -0.2) is 66.6 Å². The number of nitrogens with zero attached hydrogens (tertiary/aromatic N) is 2. The molecule has 21 heavy (non-hydrogen) atoms. The lowest BCUT2D eigenvalue weighted by atomic mass is 10.1. The van der Waals surface area contributed by atoms with Crippen LogP contribution in [0.3, 0.4) is 0 Å². The van der Waals surface area contributed by atoms with Crippen LogP contribution in [-0.2, 0) is 11.2 Å². The van der Waals surface area contributed by atoms with Crippen molar-refractivity contribution in [2.75, 3.05) is 45.9 Å². The van der Waals surface area contributed by atoms with Gasteiger partial charge in [-0.15, -0.1) is 0 Å². The molecule has 1 aromatic rings. The number of benzene rings is 1. The van der Waals surface area contributed by atoms with Gasteiger partial charge in [0.1, 0.15) is 5.82 Å². The van der Waals surface area contributed by atoms with E-state index in [0.29, 0.717) is 19.5 Å². The second-order valence-electron chi connectivity index (χ2n) is 5.54. The number of rotatable bonds is 6. The van der Waals surface area contributed by atoms with Crippen molar-refractivity contribution in [2.45, 2.75) is 12.8 Å². The van der Waals surface area contributed by atoms with Crippen LogP contribution in [0.5, 0.6) is 0 Å². The van der Waals surface area contributed by atoms with E-state index in [1.165, 1.54) is 12.1 Å². The van der Waals surface area contributed by atoms with Gasteiger partial charge in [0.05, 0.1) is 13.2 Å². The summed E-state index contributed by atoms with van der Waals surface area (Å²) in [6.07, 6.45) is 1.38. The van der Waals surface area contributed by atoms with Gasteiger partial charge in [-0.25, -0.2) is 4.39 Å². The van der Waals surface area contributed by atoms with Crippen LogP contribution in [0.4, 0.5) is 4.39 Å². The third-order valence-corrected chi connectivity index (χ3v) is 3.81. The SMILES string of the molecule is O=C(Cc1ccc(F)cc1)CN1CCCN(CCO)CC1. The molecular weight excluding hydrogens is 271 g/mol. The molecule has 1 N–H and O–H groups in total. The number of carbonyl (C=O) groups is 1. The normalized spacial score (nSPS) is 17.6. The second-order valence-corrected chi connectivity index (χ2v) is 5.54. The van der Waals surface area contributed by atoms with E-state index < -0.39 is 0 Å². The standard InChI is InChI=1S/C16H23FN2O2/c17-15-4-2-14(3-5-15)12-16(21)13-19-7-1-6-18(8-9-19)10-11-20/h2-5,20H,1,6-13H2. The minimum absolute atomic E-state index is 0.164. The Bertz CT molecular complexity index is 450. The first-order chi connectivity index (χ1) is 10.2. The molecule has 0 amide bonds. The van der Waals surface area contributed by atoms with Gasteiger partial charge < -0.3 is 5.11 Å². The van der Waals surface area contributed by atoms with E-state index in [2.05, 4.69) is 9.80 Å². The number of aliphatic hydroxyl groups excluding tert-OH is 1. The molecule has 1 aliphatic heterocycles. The first-order valence-electron chi connectivity index (χ1n) is 7.49. The molecule has 0 radical (unpaired) electrons. The highest BCUT2D eigenvalue weighted by Gasteiger charge is 2.16. The summed E-state index contributed by atoms with van der Waals surface area (Å²) in [5, 5.41) is 8.97. The Labute approximate surface area is 125 Å². The molecular formula is C16H23FN2O2. The van der Waals surface area contributed by atoms with E-state index in [4.69, 9.17) is 5.11 Å². The molecule has 116 valence electrons. The van der Waals surface area contributed by atoms with Crippen LogP contribution in [0.2, 0.25) is 0 Å². The quantitative estimate of drug-likeness (QED) is 0.848. The molecule has 1 aliphatic rings. The van der Waals surface area contributed by atoms with Gasteiger partial charge in [-0.1, -0.05) is 12.1 Å². The maximum Gasteiger partial charge on any atom is 0.151 e. The highest BCUT2D eigenvalue weighted by atomic mass is 19.1. The number of carbonyl (C=O) groups excluding carboxylic acids is 1. The average molecular weight is 294 g/mol. The lowest BCUT2D eigenvalue weighted by Crippen LogP contribution is -2.35. The van der Waals surface area contributed by atoms with E-state index in [0.717, 1.165) is 38.2 Å². The van der Waals surface area contributed by atoms with E-state index >= 15 is 0 Å². The first-order valence-corrected chi connectivity index (χ1v) is 7.49. The van der Waals surface area contributed by atoms with Crippen molar-refractivity contribution >= 4 is 5.78 Å². The Hall–Kier alpha value is -1.30. The molecule has 4 nitrogen and oxygen atoms in total. The number of hydrogen-bond donors (Lipinski definition) is 1. The van der Waals surface area contributed by atoms with Crippen molar-refractivity contribution in [3.8, 4) is 0 Å². The van der Waals surface area contributed by atoms with E-state index in [1.54, 1.807) is 12.1 Å². The summed E-state index contributed by atoms with van der Waals surface area (Å²) in [6.45, 7) is 4.98. The summed E-state index contributed by atoms with van der Waals surface area (Å²) in [5.41, 5.74) is 0.859. The predicted octanol–water partition coefficient (Wildman–Crippen LogP) is 0.937. The first kappa shape index (κ1) is 16.1. The van der Waals surface area contributed by atoms with Gasteiger partial charge >= 0.3 is 0 Å². The molecule has 0 bridgehead atoms. The van der Waals surface area contributed by atoms with Crippen molar-refractivity contribution in [3.63, 3.8) is 0 Å². The second kappa shape index (κ2) is 8.22. The number of aliphatic hydroxyl groups is 1. The van der Waals surface area contributed by atoms with E-state index in [9.17, 15) is 9.18 Å². The summed E-state index contributed by atoms with van der Waals surface area (Å²) in [4.78, 5) is 16.5. The van der Waals surface area contributed by atoms with Crippen LogP contribution in [0, 0.1) is 5.82 Å². The zero-order valence-corrected chi connectivity index (χ0v) is 12.3. The summed E-state index contributed by atoms with van der Waals surface area (Å²) >= 11 is 0. The van der Waals surface area contributed by atoms with Crippen LogP contribution in [0.1, 0.15) is 12.0 Å². The van der Waals surface area contributed by atoms with Crippen LogP contribution < -0.4 is 0 Å². The van der Waals surface area contributed by atoms with Crippen molar-refractivity contribution in [1.82, 2.24) is 9.80 Å². The van der Waals surface area contributed by atoms with Gasteiger partial charge in [0.25, 0.3) is 0 Å². The van der Waals surface area contributed by atoms with Crippen LogP contribution >= 0.6 is 0 Å². The highest BCUT2D eigenvalue weighted by molar-refractivity contribution is 5.82. The summed E-state index contributed by atoms with van der Waals surface area (Å²) in [6, 6.07) is 6.11. The number of β-amino-alcohol motifs (C(OH)–C–C–N with tert-alkyl or cyclic N) is 1. The third kappa shape index (κ3) is 5.53. The predicted molar refractivity (Wildman–Crippen MR) is 79.7 cm³/mol. The fourth-order valence-electron chi connectivity index (χ4n) is 2.68. The maximum absolute atomic E-state index is 12.8. The smallest absolute Gasteiger partial charge is 0.151 e. The molecule has 0 aromatic heterocycles. The van der Waals surface area contributed by atoms with Crippen molar-refractivity contribution in [3.05, 3.63) is 35.6 Å². The van der Waals surface area contributed by atoms with E-state index in [-0.39, 0.29) is 18.2 Å². The Morgan fingerprint density at radius 1 is 1.10 bits per heavy atom. The minimum Gasteiger partial charge on any atom is -0.395 e. The largest absolute Gasteiger partial charge is 0.395 e. The van der Waals surface area contributed by atoms with Crippen molar-refractivity contribution in [1.29, 1.82) is 0 Å². The lowest BCUT2D eigenvalue weighted by Gasteiger charge is -2.20. The van der Waals surface area contributed by atoms with Crippen LogP contribution in [0.25, 0.3) is 0 Å². The molecule has 0 saturated carbocycles. The summed E-state index contributed by atoms with van der Waals surface area (Å²) in [7, 11) is 0. The Morgan fingerprint density at radius 3 is 2.48 bits per heavy atom. The molecule has 1 heterocycles. The summed E-state index contributed by atoms with van der Waals surface area (Å²) < 4.78 is 12.8. The number of halogens is 1. The van der Waals surface area contributed by atoms with E-state index in [1.807, 2.05) is 0 Å².